The molecule has 0 aromatic heterocycles. The lowest BCUT2D eigenvalue weighted by atomic mass is 10.1. The first kappa shape index (κ1) is 29.5. The number of ether oxygens (including phenoxy) is 2. The normalized spacial score (nSPS) is 12.0. The van der Waals surface area contributed by atoms with E-state index in [0.29, 0.717) is 33.7 Å². The molecule has 2 amide bonds. The highest BCUT2D eigenvalue weighted by molar-refractivity contribution is 7.92. The molecule has 198 valence electrons. The smallest absolute Gasteiger partial charge is 0.244 e. The molecule has 0 bridgehead atoms. The Balaban J connectivity index is 2.53. The minimum absolute atomic E-state index is 0.0868. The number of sulfonamides is 1. The molecule has 0 saturated heterocycles. The molecule has 0 aliphatic carbocycles. The van der Waals surface area contributed by atoms with Crippen LogP contribution in [0.25, 0.3) is 0 Å². The molecule has 2 aromatic rings. The summed E-state index contributed by atoms with van der Waals surface area (Å²) >= 11 is 12.7. The molecule has 0 saturated carbocycles. The highest BCUT2D eigenvalue weighted by Gasteiger charge is 2.32. The number of halogens is 2. The summed E-state index contributed by atoms with van der Waals surface area (Å²) in [5.74, 6) is -0.277. The fourth-order valence-electron chi connectivity index (χ4n) is 3.66. The summed E-state index contributed by atoms with van der Waals surface area (Å²) in [7, 11) is -1.03. The Bertz CT molecular complexity index is 1170. The summed E-state index contributed by atoms with van der Waals surface area (Å²) in [6.07, 6.45) is 1.28. The number of methoxy groups -OCH3 is 2. The second kappa shape index (κ2) is 13.0. The van der Waals surface area contributed by atoms with Crippen molar-refractivity contribution in [3.8, 4) is 11.5 Å². The number of amides is 2. The van der Waals surface area contributed by atoms with E-state index in [1.165, 1.54) is 31.3 Å². The second-order valence-electron chi connectivity index (χ2n) is 7.85. The number of nitrogens with one attached hydrogen (secondary N) is 1. The second-order valence-corrected chi connectivity index (χ2v) is 10.6. The van der Waals surface area contributed by atoms with Crippen LogP contribution in [-0.4, -0.2) is 64.7 Å². The Morgan fingerprint density at radius 1 is 1.03 bits per heavy atom. The molecule has 2 aromatic carbocycles. The molecule has 12 heteroatoms. The van der Waals surface area contributed by atoms with E-state index in [9.17, 15) is 18.0 Å². The summed E-state index contributed by atoms with van der Waals surface area (Å²) < 4.78 is 37.0. The van der Waals surface area contributed by atoms with Crippen LogP contribution in [0, 0.1) is 0 Å². The number of hydrogen-bond acceptors (Lipinski definition) is 6. The zero-order chi connectivity index (χ0) is 27.0. The van der Waals surface area contributed by atoms with E-state index in [4.69, 9.17) is 32.7 Å². The molecule has 1 N–H and O–H groups in total. The Kier molecular flexibility index (Phi) is 10.7. The molecular formula is C24H31Cl2N3O6S. The minimum Gasteiger partial charge on any atom is -0.493 e. The van der Waals surface area contributed by atoms with Crippen LogP contribution in [-0.2, 0) is 26.2 Å². The van der Waals surface area contributed by atoms with E-state index in [1.54, 1.807) is 38.1 Å². The van der Waals surface area contributed by atoms with Gasteiger partial charge in [-0.2, -0.15) is 0 Å². The molecule has 36 heavy (non-hydrogen) atoms. The summed E-state index contributed by atoms with van der Waals surface area (Å²) in [5.41, 5.74) is 0.652. The van der Waals surface area contributed by atoms with E-state index in [0.717, 1.165) is 10.6 Å². The van der Waals surface area contributed by atoms with Gasteiger partial charge in [-0.15, -0.1) is 0 Å². The molecule has 0 fully saturated rings. The first-order chi connectivity index (χ1) is 17.0. The van der Waals surface area contributed by atoms with E-state index >= 15 is 0 Å². The van der Waals surface area contributed by atoms with Crippen molar-refractivity contribution < 1.29 is 27.5 Å². The molecule has 0 spiro atoms. The zero-order valence-corrected chi connectivity index (χ0v) is 23.2. The minimum atomic E-state index is -3.91. The lowest BCUT2D eigenvalue weighted by Crippen LogP contribution is -2.52. The van der Waals surface area contributed by atoms with Gasteiger partial charge in [0.15, 0.2) is 11.5 Å². The van der Waals surface area contributed by atoms with Crippen LogP contribution in [0.2, 0.25) is 10.0 Å². The van der Waals surface area contributed by atoms with Gasteiger partial charge in [-0.25, -0.2) is 8.42 Å². The molecule has 0 heterocycles. The fourth-order valence-corrected chi connectivity index (χ4v) is 5.02. The summed E-state index contributed by atoms with van der Waals surface area (Å²) in [6, 6.07) is 8.56. The van der Waals surface area contributed by atoms with E-state index in [2.05, 4.69) is 5.32 Å². The lowest BCUT2D eigenvalue weighted by Gasteiger charge is -2.33. The van der Waals surface area contributed by atoms with Crippen molar-refractivity contribution in [2.75, 3.05) is 37.9 Å². The Morgan fingerprint density at radius 3 is 2.14 bits per heavy atom. The fraction of sp³-hybridized carbons (Fsp3) is 0.417. The first-order valence-electron chi connectivity index (χ1n) is 11.2. The standard InChI is InChI=1S/C24H31Cl2N3O6S/c1-6-20(24(31)27-7-2)28(14-17-18(25)9-8-10-19(17)26)23(30)15-29(36(5,32)33)16-11-12-21(34-3)22(13-16)35-4/h8-13,20H,6-7,14-15H2,1-5H3,(H,27,31)/t20-/m1/s1. The number of hydrogen-bond donors (Lipinski definition) is 1. The monoisotopic (exact) mass is 559 g/mol. The third-order valence-corrected chi connectivity index (χ3v) is 7.31. The van der Waals surface area contributed by atoms with Crippen LogP contribution in [0.15, 0.2) is 36.4 Å². The SMILES string of the molecule is CCNC(=O)[C@@H](CC)N(Cc1c(Cl)cccc1Cl)C(=O)CN(c1ccc(OC)c(OC)c1)S(C)(=O)=O. The topological polar surface area (TPSA) is 105 Å². The molecular weight excluding hydrogens is 529 g/mol. The molecule has 2 rings (SSSR count). The Labute approximate surface area is 222 Å². The van der Waals surface area contributed by atoms with Gasteiger partial charge in [-0.1, -0.05) is 36.2 Å². The van der Waals surface area contributed by atoms with Gasteiger partial charge in [0, 0.05) is 34.8 Å². The quantitative estimate of drug-likeness (QED) is 0.425. The van der Waals surface area contributed by atoms with Crippen LogP contribution < -0.4 is 19.1 Å². The maximum atomic E-state index is 13.7. The number of likely N-dealkylation sites (N-methyl/N-ethyl adjacent to an activating group) is 1. The predicted octanol–water partition coefficient (Wildman–Crippen LogP) is 3.72. The van der Waals surface area contributed by atoms with Crippen molar-refractivity contribution in [3.63, 3.8) is 0 Å². The highest BCUT2D eigenvalue weighted by atomic mass is 35.5. The van der Waals surface area contributed by atoms with Crippen LogP contribution in [0.4, 0.5) is 5.69 Å². The molecule has 0 radical (unpaired) electrons. The van der Waals surface area contributed by atoms with E-state index < -0.39 is 28.5 Å². The van der Waals surface area contributed by atoms with Crippen molar-refractivity contribution in [2.45, 2.75) is 32.9 Å². The van der Waals surface area contributed by atoms with E-state index in [1.807, 2.05) is 0 Å². The highest BCUT2D eigenvalue weighted by Crippen LogP contribution is 2.33. The zero-order valence-electron chi connectivity index (χ0n) is 20.9. The van der Waals surface area contributed by atoms with Crippen LogP contribution in [0.1, 0.15) is 25.8 Å². The van der Waals surface area contributed by atoms with Crippen molar-refractivity contribution in [3.05, 3.63) is 52.0 Å². The van der Waals surface area contributed by atoms with Gasteiger partial charge >= 0.3 is 0 Å². The molecule has 1 atom stereocenters. The van der Waals surface area contributed by atoms with Gasteiger partial charge in [-0.05, 0) is 37.6 Å². The van der Waals surface area contributed by atoms with Crippen LogP contribution in [0.3, 0.4) is 0 Å². The van der Waals surface area contributed by atoms with Gasteiger partial charge < -0.3 is 19.7 Å². The molecule has 9 nitrogen and oxygen atoms in total. The number of nitrogens with zero attached hydrogens (tertiary/aromatic N) is 2. The van der Waals surface area contributed by atoms with Gasteiger partial charge in [-0.3, -0.25) is 13.9 Å². The maximum absolute atomic E-state index is 13.7. The molecule has 0 aliphatic rings. The number of benzene rings is 2. The predicted molar refractivity (Wildman–Crippen MR) is 142 cm³/mol. The van der Waals surface area contributed by atoms with Crippen LogP contribution in [0.5, 0.6) is 11.5 Å². The molecule has 0 aliphatic heterocycles. The van der Waals surface area contributed by atoms with Crippen molar-refractivity contribution in [1.29, 1.82) is 0 Å². The summed E-state index contributed by atoms with van der Waals surface area (Å²) in [5, 5.41) is 3.38. The van der Waals surface area contributed by atoms with Crippen molar-refractivity contribution in [2.24, 2.45) is 0 Å². The maximum Gasteiger partial charge on any atom is 0.244 e. The van der Waals surface area contributed by atoms with Gasteiger partial charge in [0.1, 0.15) is 12.6 Å². The molecule has 0 unspecified atom stereocenters. The largest absolute Gasteiger partial charge is 0.493 e. The summed E-state index contributed by atoms with van der Waals surface area (Å²) in [6.45, 7) is 3.25. The number of anilines is 1. The summed E-state index contributed by atoms with van der Waals surface area (Å²) in [4.78, 5) is 27.8. The Morgan fingerprint density at radius 2 is 1.64 bits per heavy atom. The first-order valence-corrected chi connectivity index (χ1v) is 13.8. The van der Waals surface area contributed by atoms with Crippen molar-refractivity contribution >= 4 is 50.7 Å². The number of rotatable bonds is 12. The van der Waals surface area contributed by atoms with Gasteiger partial charge in [0.05, 0.1) is 26.2 Å². The lowest BCUT2D eigenvalue weighted by molar-refractivity contribution is -0.140. The van der Waals surface area contributed by atoms with E-state index in [-0.39, 0.29) is 24.6 Å². The third kappa shape index (κ3) is 7.18. The number of carbonyl (C=O) groups is 2. The van der Waals surface area contributed by atoms with Gasteiger partial charge in [0.25, 0.3) is 0 Å². The van der Waals surface area contributed by atoms with Crippen molar-refractivity contribution in [1.82, 2.24) is 10.2 Å². The average molecular weight is 561 g/mol. The Hall–Kier alpha value is -2.69. The number of carbonyl (C=O) groups excluding carboxylic acids is 2. The average Bonchev–Trinajstić information content (AvgIpc) is 2.83. The third-order valence-electron chi connectivity index (χ3n) is 5.46. The van der Waals surface area contributed by atoms with Crippen LogP contribution >= 0.6 is 23.2 Å². The van der Waals surface area contributed by atoms with Gasteiger partial charge in [0.2, 0.25) is 21.8 Å².